The van der Waals surface area contributed by atoms with Crippen LogP contribution in [0.15, 0.2) is 12.1 Å². The van der Waals surface area contributed by atoms with Gasteiger partial charge in [0.2, 0.25) is 5.75 Å². The van der Waals surface area contributed by atoms with Gasteiger partial charge in [-0.2, -0.15) is 0 Å². The van der Waals surface area contributed by atoms with Gasteiger partial charge in [0.15, 0.2) is 17.3 Å². The molecule has 0 aromatic heterocycles. The van der Waals surface area contributed by atoms with Crippen molar-refractivity contribution in [3.63, 3.8) is 0 Å². The number of ether oxygens (including phenoxy) is 4. The number of hydrogen-bond acceptors (Lipinski definition) is 8. The van der Waals surface area contributed by atoms with Gasteiger partial charge >= 0.3 is 0 Å². The Labute approximate surface area is 134 Å². The predicted molar refractivity (Wildman–Crippen MR) is 80.2 cm³/mol. The van der Waals surface area contributed by atoms with E-state index in [1.165, 1.54) is 6.07 Å². The summed E-state index contributed by atoms with van der Waals surface area (Å²) in [6, 6.07) is 2.32. The standard InChI is InChI=1S/C15H22O8/c1-20-2-3-21-4-5-22-6-7-23-14-9-11(13(18)10-16)8-12(17)15(14)19/h8-9,16-17,19H,2-7,10H2,1H3. The summed E-state index contributed by atoms with van der Waals surface area (Å²) in [6.07, 6.45) is 0. The zero-order valence-corrected chi connectivity index (χ0v) is 13.0. The molecular formula is C15H22O8. The number of Topliss-reactive ketones (excluding diaryl/α,β-unsaturated/α-hetero) is 1. The van der Waals surface area contributed by atoms with Gasteiger partial charge < -0.3 is 34.3 Å². The van der Waals surface area contributed by atoms with Crippen molar-refractivity contribution in [2.45, 2.75) is 0 Å². The quantitative estimate of drug-likeness (QED) is 0.285. The average Bonchev–Trinajstić information content (AvgIpc) is 2.56. The molecule has 8 heteroatoms. The maximum absolute atomic E-state index is 11.4. The van der Waals surface area contributed by atoms with E-state index in [2.05, 4.69) is 0 Å². The highest BCUT2D eigenvalue weighted by molar-refractivity contribution is 5.98. The van der Waals surface area contributed by atoms with Crippen molar-refractivity contribution in [3.8, 4) is 17.2 Å². The Hall–Kier alpha value is -1.87. The molecule has 1 rings (SSSR count). The second kappa shape index (κ2) is 10.8. The van der Waals surface area contributed by atoms with Gasteiger partial charge in [0.1, 0.15) is 13.2 Å². The van der Waals surface area contributed by atoms with Gasteiger partial charge in [0.25, 0.3) is 0 Å². The van der Waals surface area contributed by atoms with Crippen molar-refractivity contribution in [2.75, 3.05) is 53.4 Å². The van der Waals surface area contributed by atoms with Gasteiger partial charge in [-0.3, -0.25) is 4.79 Å². The summed E-state index contributed by atoms with van der Waals surface area (Å²) in [5, 5.41) is 28.0. The fraction of sp³-hybridized carbons (Fsp3) is 0.533. The van der Waals surface area contributed by atoms with E-state index in [-0.39, 0.29) is 24.5 Å². The van der Waals surface area contributed by atoms with Crippen LogP contribution in [0.2, 0.25) is 0 Å². The number of ketones is 1. The molecule has 3 N–H and O–H groups in total. The zero-order valence-electron chi connectivity index (χ0n) is 13.0. The van der Waals surface area contributed by atoms with E-state index in [4.69, 9.17) is 24.1 Å². The van der Waals surface area contributed by atoms with Crippen LogP contribution in [0, 0.1) is 0 Å². The lowest BCUT2D eigenvalue weighted by Gasteiger charge is -2.11. The van der Waals surface area contributed by atoms with Gasteiger partial charge in [-0.15, -0.1) is 0 Å². The predicted octanol–water partition coefficient (Wildman–Crippen LogP) is 0.331. The lowest BCUT2D eigenvalue weighted by atomic mass is 10.1. The first kappa shape index (κ1) is 19.2. The van der Waals surface area contributed by atoms with E-state index in [1.807, 2.05) is 0 Å². The van der Waals surface area contributed by atoms with Crippen molar-refractivity contribution in [1.82, 2.24) is 0 Å². The third kappa shape index (κ3) is 6.83. The number of phenolic OH excluding ortho intramolecular Hbond substituents is 2. The van der Waals surface area contributed by atoms with Crippen LogP contribution in [0.3, 0.4) is 0 Å². The summed E-state index contributed by atoms with van der Waals surface area (Å²) in [7, 11) is 1.59. The maximum Gasteiger partial charge on any atom is 0.200 e. The number of carbonyl (C=O) groups excluding carboxylic acids is 1. The Morgan fingerprint density at radius 1 is 1.00 bits per heavy atom. The van der Waals surface area contributed by atoms with Crippen molar-refractivity contribution >= 4 is 5.78 Å². The van der Waals surface area contributed by atoms with Crippen molar-refractivity contribution in [3.05, 3.63) is 17.7 Å². The van der Waals surface area contributed by atoms with Gasteiger partial charge in [-0.1, -0.05) is 0 Å². The molecule has 0 bridgehead atoms. The van der Waals surface area contributed by atoms with E-state index in [1.54, 1.807) is 7.11 Å². The Morgan fingerprint density at radius 3 is 2.22 bits per heavy atom. The molecule has 8 nitrogen and oxygen atoms in total. The topological polar surface area (TPSA) is 115 Å². The fourth-order valence-corrected chi connectivity index (χ4v) is 1.63. The molecule has 1 aromatic rings. The highest BCUT2D eigenvalue weighted by atomic mass is 16.6. The van der Waals surface area contributed by atoms with Gasteiger partial charge in [0, 0.05) is 12.7 Å². The first-order valence-corrected chi connectivity index (χ1v) is 7.07. The second-order valence-electron chi connectivity index (χ2n) is 4.49. The average molecular weight is 330 g/mol. The highest BCUT2D eigenvalue weighted by Crippen LogP contribution is 2.36. The van der Waals surface area contributed by atoms with E-state index in [9.17, 15) is 15.0 Å². The number of hydrogen-bond donors (Lipinski definition) is 3. The zero-order chi connectivity index (χ0) is 17.1. The first-order valence-electron chi connectivity index (χ1n) is 7.07. The lowest BCUT2D eigenvalue weighted by molar-refractivity contribution is 0.0178. The van der Waals surface area contributed by atoms with Crippen LogP contribution < -0.4 is 4.74 Å². The summed E-state index contributed by atoms with van der Waals surface area (Å²) in [6.45, 7) is 1.48. The van der Waals surface area contributed by atoms with Gasteiger partial charge in [-0.05, 0) is 12.1 Å². The van der Waals surface area contributed by atoms with E-state index in [0.717, 1.165) is 6.07 Å². The summed E-state index contributed by atoms with van der Waals surface area (Å²) < 4.78 is 20.6. The van der Waals surface area contributed by atoms with Crippen molar-refractivity contribution in [1.29, 1.82) is 0 Å². The molecule has 23 heavy (non-hydrogen) atoms. The Balaban J connectivity index is 2.34. The van der Waals surface area contributed by atoms with Crippen LogP contribution in [-0.4, -0.2) is 74.5 Å². The molecular weight excluding hydrogens is 308 g/mol. The number of aliphatic hydroxyl groups is 1. The molecule has 0 atom stereocenters. The van der Waals surface area contributed by atoms with Crippen LogP contribution in [0.4, 0.5) is 0 Å². The van der Waals surface area contributed by atoms with E-state index in [0.29, 0.717) is 26.4 Å². The molecule has 130 valence electrons. The molecule has 0 radical (unpaired) electrons. The summed E-state index contributed by atoms with van der Waals surface area (Å²) >= 11 is 0. The molecule has 0 aliphatic carbocycles. The third-order valence-electron chi connectivity index (χ3n) is 2.81. The summed E-state index contributed by atoms with van der Waals surface area (Å²) in [5.74, 6) is -1.61. The Bertz CT molecular complexity index is 489. The molecule has 0 saturated carbocycles. The minimum absolute atomic E-state index is 0.0465. The van der Waals surface area contributed by atoms with E-state index >= 15 is 0 Å². The number of benzene rings is 1. The van der Waals surface area contributed by atoms with Crippen LogP contribution in [0.1, 0.15) is 10.4 Å². The minimum Gasteiger partial charge on any atom is -0.504 e. The lowest BCUT2D eigenvalue weighted by Crippen LogP contribution is -2.12. The van der Waals surface area contributed by atoms with Crippen molar-refractivity contribution in [2.24, 2.45) is 0 Å². The smallest absolute Gasteiger partial charge is 0.200 e. The number of phenols is 2. The minimum atomic E-state index is -0.699. The molecule has 0 unspecified atom stereocenters. The molecule has 0 aliphatic heterocycles. The molecule has 0 fully saturated rings. The molecule has 0 heterocycles. The monoisotopic (exact) mass is 330 g/mol. The number of carbonyl (C=O) groups is 1. The summed E-state index contributed by atoms with van der Waals surface area (Å²) in [5.41, 5.74) is 0.0465. The van der Waals surface area contributed by atoms with E-state index < -0.39 is 23.9 Å². The molecule has 1 aromatic carbocycles. The largest absolute Gasteiger partial charge is 0.504 e. The third-order valence-corrected chi connectivity index (χ3v) is 2.81. The second-order valence-corrected chi connectivity index (χ2v) is 4.49. The molecule has 0 saturated heterocycles. The molecule has 0 amide bonds. The normalized spacial score (nSPS) is 10.7. The number of aliphatic hydroxyl groups excluding tert-OH is 1. The first-order chi connectivity index (χ1) is 11.1. The summed E-state index contributed by atoms with van der Waals surface area (Å²) in [4.78, 5) is 11.4. The maximum atomic E-state index is 11.4. The SMILES string of the molecule is COCCOCCOCCOc1cc(C(=O)CO)cc(O)c1O. The number of aromatic hydroxyl groups is 2. The number of methoxy groups -OCH3 is 1. The van der Waals surface area contributed by atoms with Crippen molar-refractivity contribution < 1.29 is 39.1 Å². The fourth-order valence-electron chi connectivity index (χ4n) is 1.63. The Kier molecular flexibility index (Phi) is 9.00. The van der Waals surface area contributed by atoms with Gasteiger partial charge in [-0.25, -0.2) is 0 Å². The highest BCUT2D eigenvalue weighted by Gasteiger charge is 2.14. The Morgan fingerprint density at radius 2 is 1.61 bits per heavy atom. The molecule has 0 spiro atoms. The molecule has 0 aliphatic rings. The van der Waals surface area contributed by atoms with Crippen LogP contribution in [-0.2, 0) is 14.2 Å². The number of rotatable bonds is 12. The van der Waals surface area contributed by atoms with Crippen LogP contribution in [0.5, 0.6) is 17.2 Å². The van der Waals surface area contributed by atoms with Crippen LogP contribution in [0.25, 0.3) is 0 Å². The van der Waals surface area contributed by atoms with Crippen LogP contribution >= 0.6 is 0 Å². The van der Waals surface area contributed by atoms with Gasteiger partial charge in [0.05, 0.1) is 33.0 Å².